The zero-order valence-corrected chi connectivity index (χ0v) is 16.1. The topological polar surface area (TPSA) is 86.1 Å². The van der Waals surface area contributed by atoms with Crippen molar-refractivity contribution in [3.8, 4) is 0 Å². The van der Waals surface area contributed by atoms with Crippen LogP contribution in [0.3, 0.4) is 0 Å². The van der Waals surface area contributed by atoms with Crippen LogP contribution in [0, 0.1) is 13.8 Å². The van der Waals surface area contributed by atoms with Crippen LogP contribution in [0.1, 0.15) is 60.8 Å². The Labute approximate surface area is 154 Å². The van der Waals surface area contributed by atoms with Crippen molar-refractivity contribution in [2.45, 2.75) is 52.9 Å². The predicted molar refractivity (Wildman–Crippen MR) is 100 cm³/mol. The van der Waals surface area contributed by atoms with Crippen LogP contribution in [0.25, 0.3) is 11.0 Å². The SMILES string of the molecule is CCOC(=O)CCCCCCNC(=O)c1cc(C)nc2c1c(C)nn2C. The lowest BCUT2D eigenvalue weighted by molar-refractivity contribution is -0.143. The molecule has 7 heteroatoms. The van der Waals surface area contributed by atoms with Crippen LogP contribution >= 0.6 is 0 Å². The van der Waals surface area contributed by atoms with Crippen molar-refractivity contribution in [3.63, 3.8) is 0 Å². The van der Waals surface area contributed by atoms with Crippen LogP contribution in [0.2, 0.25) is 0 Å². The van der Waals surface area contributed by atoms with E-state index in [0.717, 1.165) is 48.1 Å². The van der Waals surface area contributed by atoms with Crippen molar-refractivity contribution < 1.29 is 14.3 Å². The molecule has 0 radical (unpaired) electrons. The smallest absolute Gasteiger partial charge is 0.305 e. The maximum absolute atomic E-state index is 12.6. The number of rotatable bonds is 9. The first kappa shape index (κ1) is 19.9. The number of carbonyl (C=O) groups excluding carboxylic acids is 2. The van der Waals surface area contributed by atoms with E-state index in [4.69, 9.17) is 4.74 Å². The van der Waals surface area contributed by atoms with Crippen LogP contribution in [0.4, 0.5) is 0 Å². The number of nitrogens with one attached hydrogen (secondary N) is 1. The van der Waals surface area contributed by atoms with E-state index in [0.29, 0.717) is 25.1 Å². The molecule has 26 heavy (non-hydrogen) atoms. The minimum atomic E-state index is -0.135. The van der Waals surface area contributed by atoms with Gasteiger partial charge in [-0.05, 0) is 39.7 Å². The average Bonchev–Trinajstić information content (AvgIpc) is 2.87. The molecule has 2 aromatic rings. The van der Waals surface area contributed by atoms with Gasteiger partial charge in [-0.15, -0.1) is 0 Å². The van der Waals surface area contributed by atoms with Gasteiger partial charge in [0.05, 0.1) is 23.3 Å². The van der Waals surface area contributed by atoms with E-state index in [2.05, 4.69) is 15.4 Å². The number of aryl methyl sites for hydroxylation is 3. The number of pyridine rings is 1. The molecule has 0 saturated heterocycles. The summed E-state index contributed by atoms with van der Waals surface area (Å²) < 4.78 is 6.60. The fraction of sp³-hybridized carbons (Fsp3) is 0.579. The zero-order valence-electron chi connectivity index (χ0n) is 16.1. The number of carbonyl (C=O) groups is 2. The molecule has 1 N–H and O–H groups in total. The first-order valence-corrected chi connectivity index (χ1v) is 9.18. The maximum Gasteiger partial charge on any atom is 0.305 e. The first-order valence-electron chi connectivity index (χ1n) is 9.18. The van der Waals surface area contributed by atoms with Gasteiger partial charge in [0.25, 0.3) is 5.91 Å². The number of fused-ring (bicyclic) bond motifs is 1. The highest BCUT2D eigenvalue weighted by Crippen LogP contribution is 2.21. The lowest BCUT2D eigenvalue weighted by atomic mass is 10.1. The molecule has 0 saturated carbocycles. The Bertz CT molecular complexity index is 783. The Morgan fingerprint density at radius 1 is 1.19 bits per heavy atom. The van der Waals surface area contributed by atoms with Crippen LogP contribution < -0.4 is 5.32 Å². The third-order valence-corrected chi connectivity index (χ3v) is 4.24. The summed E-state index contributed by atoms with van der Waals surface area (Å²) in [7, 11) is 1.83. The van der Waals surface area contributed by atoms with E-state index in [1.165, 1.54) is 0 Å². The molecular formula is C19H28N4O3. The van der Waals surface area contributed by atoms with Crippen molar-refractivity contribution in [2.24, 2.45) is 7.05 Å². The van der Waals surface area contributed by atoms with Gasteiger partial charge in [-0.25, -0.2) is 4.98 Å². The molecule has 0 fully saturated rings. The van der Waals surface area contributed by atoms with Gasteiger partial charge in [0, 0.05) is 25.7 Å². The quantitative estimate of drug-likeness (QED) is 0.549. The maximum atomic E-state index is 12.6. The third kappa shape index (κ3) is 5.03. The summed E-state index contributed by atoms with van der Waals surface area (Å²) in [5.41, 5.74) is 2.95. The molecular weight excluding hydrogens is 332 g/mol. The zero-order chi connectivity index (χ0) is 19.1. The summed E-state index contributed by atoms with van der Waals surface area (Å²) >= 11 is 0. The fourth-order valence-corrected chi connectivity index (χ4v) is 3.03. The second-order valence-electron chi connectivity index (χ2n) is 6.44. The van der Waals surface area contributed by atoms with Crippen molar-refractivity contribution in [1.29, 1.82) is 0 Å². The minimum absolute atomic E-state index is 0.0943. The fourth-order valence-electron chi connectivity index (χ4n) is 3.03. The van der Waals surface area contributed by atoms with Crippen molar-refractivity contribution in [1.82, 2.24) is 20.1 Å². The molecule has 0 aliphatic rings. The van der Waals surface area contributed by atoms with E-state index >= 15 is 0 Å². The van der Waals surface area contributed by atoms with Gasteiger partial charge in [-0.1, -0.05) is 12.8 Å². The summed E-state index contributed by atoms with van der Waals surface area (Å²) in [5.74, 6) is -0.229. The molecule has 0 aromatic carbocycles. The Morgan fingerprint density at radius 2 is 1.92 bits per heavy atom. The van der Waals surface area contributed by atoms with Gasteiger partial charge in [-0.3, -0.25) is 14.3 Å². The first-order chi connectivity index (χ1) is 12.4. The molecule has 142 valence electrons. The minimum Gasteiger partial charge on any atom is -0.466 e. The Morgan fingerprint density at radius 3 is 2.65 bits per heavy atom. The lowest BCUT2D eigenvalue weighted by Gasteiger charge is -2.08. The van der Waals surface area contributed by atoms with E-state index in [1.54, 1.807) is 4.68 Å². The highest BCUT2D eigenvalue weighted by molar-refractivity contribution is 6.06. The molecule has 0 spiro atoms. The van der Waals surface area contributed by atoms with Gasteiger partial charge < -0.3 is 10.1 Å². The molecule has 0 aliphatic carbocycles. The van der Waals surface area contributed by atoms with Gasteiger partial charge in [0.2, 0.25) is 0 Å². The molecule has 0 bridgehead atoms. The number of unbranched alkanes of at least 4 members (excludes halogenated alkanes) is 3. The Kier molecular flexibility index (Phi) is 7.12. The Hall–Kier alpha value is -2.44. The molecule has 2 heterocycles. The number of aromatic nitrogens is 3. The number of nitrogens with zero attached hydrogens (tertiary/aromatic N) is 3. The van der Waals surface area contributed by atoms with Crippen molar-refractivity contribution >= 4 is 22.9 Å². The number of amides is 1. The second-order valence-corrected chi connectivity index (χ2v) is 6.44. The van der Waals surface area contributed by atoms with Crippen molar-refractivity contribution in [2.75, 3.05) is 13.2 Å². The third-order valence-electron chi connectivity index (χ3n) is 4.24. The summed E-state index contributed by atoms with van der Waals surface area (Å²) in [5, 5.41) is 8.16. The highest BCUT2D eigenvalue weighted by atomic mass is 16.5. The van der Waals surface area contributed by atoms with E-state index in [9.17, 15) is 9.59 Å². The predicted octanol–water partition coefficient (Wildman–Crippen LogP) is 2.83. The second kappa shape index (κ2) is 9.31. The lowest BCUT2D eigenvalue weighted by Crippen LogP contribution is -2.25. The monoisotopic (exact) mass is 360 g/mol. The molecule has 0 aliphatic heterocycles. The van der Waals surface area contributed by atoms with Gasteiger partial charge >= 0.3 is 5.97 Å². The van der Waals surface area contributed by atoms with Gasteiger partial charge in [0.1, 0.15) is 0 Å². The molecule has 0 unspecified atom stereocenters. The standard InChI is InChI=1S/C19H28N4O3/c1-5-26-16(24)10-8-6-7-9-11-20-19(25)15-12-13(2)21-18-17(15)14(3)22-23(18)4/h12H,5-11H2,1-4H3,(H,20,25). The normalized spacial score (nSPS) is 10.9. The summed E-state index contributed by atoms with van der Waals surface area (Å²) in [4.78, 5) is 28.3. The van der Waals surface area contributed by atoms with Crippen LogP contribution in [-0.2, 0) is 16.6 Å². The molecule has 7 nitrogen and oxygen atoms in total. The van der Waals surface area contributed by atoms with E-state index < -0.39 is 0 Å². The molecule has 0 atom stereocenters. The highest BCUT2D eigenvalue weighted by Gasteiger charge is 2.17. The van der Waals surface area contributed by atoms with Crippen LogP contribution in [0.5, 0.6) is 0 Å². The van der Waals surface area contributed by atoms with Gasteiger partial charge in [-0.2, -0.15) is 5.10 Å². The molecule has 2 aromatic heterocycles. The summed E-state index contributed by atoms with van der Waals surface area (Å²) in [6.07, 6.45) is 4.10. The summed E-state index contributed by atoms with van der Waals surface area (Å²) in [6.45, 7) is 6.62. The Balaban J connectivity index is 1.82. The van der Waals surface area contributed by atoms with Gasteiger partial charge in [0.15, 0.2) is 5.65 Å². The molecule has 2 rings (SSSR count). The van der Waals surface area contributed by atoms with Crippen LogP contribution in [0.15, 0.2) is 6.07 Å². The van der Waals surface area contributed by atoms with Crippen LogP contribution in [-0.4, -0.2) is 39.8 Å². The largest absolute Gasteiger partial charge is 0.466 e. The number of hydrogen-bond donors (Lipinski definition) is 1. The number of esters is 1. The number of hydrogen-bond acceptors (Lipinski definition) is 5. The number of ether oxygens (including phenoxy) is 1. The average molecular weight is 360 g/mol. The van der Waals surface area contributed by atoms with E-state index in [-0.39, 0.29) is 11.9 Å². The summed E-state index contributed by atoms with van der Waals surface area (Å²) in [6, 6.07) is 1.81. The van der Waals surface area contributed by atoms with E-state index in [1.807, 2.05) is 33.9 Å². The molecule has 1 amide bonds. The van der Waals surface area contributed by atoms with Crippen molar-refractivity contribution in [3.05, 3.63) is 23.0 Å².